The van der Waals surface area contributed by atoms with Gasteiger partial charge in [0.15, 0.2) is 0 Å². The number of aromatic nitrogens is 2. The molecule has 0 saturated heterocycles. The van der Waals surface area contributed by atoms with Crippen molar-refractivity contribution in [2.24, 2.45) is 0 Å². The third-order valence-corrected chi connectivity index (χ3v) is 2.89. The number of nitrogen functional groups attached to an aromatic ring is 1. The maximum Gasteiger partial charge on any atom is 0.130 e. The van der Waals surface area contributed by atoms with Gasteiger partial charge in [0.1, 0.15) is 12.1 Å². The van der Waals surface area contributed by atoms with E-state index >= 15 is 0 Å². The van der Waals surface area contributed by atoms with Gasteiger partial charge in [-0.1, -0.05) is 38.1 Å². The summed E-state index contributed by atoms with van der Waals surface area (Å²) in [6.45, 7) is 6.30. The predicted molar refractivity (Wildman–Crippen MR) is 70.7 cm³/mol. The Labute approximate surface area is 102 Å². The predicted octanol–water partition coefficient (Wildman–Crippen LogP) is 3.16. The summed E-state index contributed by atoms with van der Waals surface area (Å²) >= 11 is 0. The molecule has 1 aromatic heterocycles. The van der Waals surface area contributed by atoms with Crippen LogP contribution >= 0.6 is 0 Å². The first-order valence-electron chi connectivity index (χ1n) is 5.77. The Hall–Kier alpha value is -1.90. The maximum absolute atomic E-state index is 5.96. The maximum atomic E-state index is 5.96. The first-order chi connectivity index (χ1) is 8.11. The normalized spacial score (nSPS) is 10.8. The molecule has 3 nitrogen and oxygen atoms in total. The summed E-state index contributed by atoms with van der Waals surface area (Å²) in [4.78, 5) is 8.48. The molecule has 0 fully saturated rings. The fourth-order valence-electron chi connectivity index (χ4n) is 2.03. The van der Waals surface area contributed by atoms with E-state index in [9.17, 15) is 0 Å². The van der Waals surface area contributed by atoms with Crippen LogP contribution in [-0.2, 0) is 0 Å². The minimum Gasteiger partial charge on any atom is -0.383 e. The number of nitrogens with two attached hydrogens (primary N) is 1. The average Bonchev–Trinajstić information content (AvgIpc) is 2.28. The third kappa shape index (κ3) is 2.13. The van der Waals surface area contributed by atoms with E-state index in [4.69, 9.17) is 5.73 Å². The van der Waals surface area contributed by atoms with E-state index in [1.54, 1.807) is 0 Å². The van der Waals surface area contributed by atoms with Crippen molar-refractivity contribution in [1.29, 1.82) is 0 Å². The van der Waals surface area contributed by atoms with Crippen molar-refractivity contribution in [1.82, 2.24) is 9.97 Å². The average molecular weight is 227 g/mol. The highest BCUT2D eigenvalue weighted by atomic mass is 14.9. The highest BCUT2D eigenvalue weighted by Gasteiger charge is 2.15. The lowest BCUT2D eigenvalue weighted by Crippen LogP contribution is -2.04. The second-order valence-corrected chi connectivity index (χ2v) is 4.49. The summed E-state index contributed by atoms with van der Waals surface area (Å²) in [5.74, 6) is 0.888. The molecule has 0 amide bonds. The van der Waals surface area contributed by atoms with Crippen LogP contribution in [0.3, 0.4) is 0 Å². The van der Waals surface area contributed by atoms with E-state index in [0.29, 0.717) is 11.7 Å². The number of rotatable bonds is 2. The zero-order chi connectivity index (χ0) is 12.4. The minimum atomic E-state index is 0.311. The number of nitrogens with zero attached hydrogens (tertiary/aromatic N) is 2. The zero-order valence-corrected chi connectivity index (χ0v) is 10.4. The van der Waals surface area contributed by atoms with Gasteiger partial charge >= 0.3 is 0 Å². The van der Waals surface area contributed by atoms with Crippen LogP contribution in [0.5, 0.6) is 0 Å². The lowest BCUT2D eigenvalue weighted by Gasteiger charge is -2.14. The van der Waals surface area contributed by atoms with Crippen LogP contribution in [0.4, 0.5) is 5.82 Å². The van der Waals surface area contributed by atoms with Gasteiger partial charge in [-0.25, -0.2) is 9.97 Å². The molecule has 17 heavy (non-hydrogen) atoms. The van der Waals surface area contributed by atoms with Gasteiger partial charge in [-0.05, 0) is 18.4 Å². The second-order valence-electron chi connectivity index (χ2n) is 4.49. The molecule has 0 radical (unpaired) electrons. The summed E-state index contributed by atoms with van der Waals surface area (Å²) in [5, 5.41) is 0. The number of hydrogen-bond acceptors (Lipinski definition) is 3. The summed E-state index contributed by atoms with van der Waals surface area (Å²) < 4.78 is 0. The van der Waals surface area contributed by atoms with E-state index in [2.05, 4.69) is 42.9 Å². The Bertz CT molecular complexity index is 533. The van der Waals surface area contributed by atoms with E-state index in [0.717, 1.165) is 16.8 Å². The SMILES string of the molecule is Cc1ccccc1-c1ncnc(N)c1C(C)C. The molecule has 0 aliphatic rings. The molecule has 1 heterocycles. The fraction of sp³-hybridized carbons (Fsp3) is 0.286. The summed E-state index contributed by atoms with van der Waals surface area (Å²) in [7, 11) is 0. The monoisotopic (exact) mass is 227 g/mol. The molecular weight excluding hydrogens is 210 g/mol. The van der Waals surface area contributed by atoms with Crippen LogP contribution in [0.2, 0.25) is 0 Å². The number of anilines is 1. The molecule has 2 aromatic rings. The number of benzene rings is 1. The van der Waals surface area contributed by atoms with Crippen LogP contribution in [0.1, 0.15) is 30.9 Å². The van der Waals surface area contributed by atoms with Crippen molar-refractivity contribution in [2.75, 3.05) is 5.73 Å². The van der Waals surface area contributed by atoms with Gasteiger partial charge in [0.25, 0.3) is 0 Å². The van der Waals surface area contributed by atoms with Crippen molar-refractivity contribution >= 4 is 5.82 Å². The van der Waals surface area contributed by atoms with Crippen LogP contribution in [0, 0.1) is 6.92 Å². The van der Waals surface area contributed by atoms with Crippen molar-refractivity contribution in [3.8, 4) is 11.3 Å². The van der Waals surface area contributed by atoms with Crippen LogP contribution in [0.25, 0.3) is 11.3 Å². The van der Waals surface area contributed by atoms with Crippen molar-refractivity contribution in [3.05, 3.63) is 41.7 Å². The topological polar surface area (TPSA) is 51.8 Å². The van der Waals surface area contributed by atoms with Gasteiger partial charge < -0.3 is 5.73 Å². The van der Waals surface area contributed by atoms with E-state index in [1.165, 1.54) is 11.9 Å². The van der Waals surface area contributed by atoms with Crippen molar-refractivity contribution in [2.45, 2.75) is 26.7 Å². The molecule has 0 bridgehead atoms. The summed E-state index contributed by atoms with van der Waals surface area (Å²) in [5.41, 5.74) is 10.3. The molecule has 0 spiro atoms. The van der Waals surface area contributed by atoms with Gasteiger partial charge in [0, 0.05) is 11.1 Å². The van der Waals surface area contributed by atoms with Crippen LogP contribution in [-0.4, -0.2) is 9.97 Å². The van der Waals surface area contributed by atoms with E-state index in [1.807, 2.05) is 12.1 Å². The standard InChI is InChI=1S/C14H17N3/c1-9(2)12-13(16-8-17-14(12)15)11-7-5-4-6-10(11)3/h4-9H,1-3H3,(H2,15,16,17). The molecule has 0 aliphatic heterocycles. The summed E-state index contributed by atoms with van der Waals surface area (Å²) in [6, 6.07) is 8.20. The lowest BCUT2D eigenvalue weighted by atomic mass is 9.95. The molecule has 0 unspecified atom stereocenters. The number of aryl methyl sites for hydroxylation is 1. The molecule has 3 heteroatoms. The van der Waals surface area contributed by atoms with Crippen LogP contribution in [0.15, 0.2) is 30.6 Å². The highest BCUT2D eigenvalue weighted by Crippen LogP contribution is 2.31. The van der Waals surface area contributed by atoms with Crippen molar-refractivity contribution < 1.29 is 0 Å². The lowest BCUT2D eigenvalue weighted by molar-refractivity contribution is 0.854. The first kappa shape index (κ1) is 11.6. The Morgan fingerprint density at radius 2 is 1.82 bits per heavy atom. The Morgan fingerprint density at radius 3 is 2.47 bits per heavy atom. The largest absolute Gasteiger partial charge is 0.383 e. The molecule has 88 valence electrons. The van der Waals surface area contributed by atoms with Gasteiger partial charge in [-0.15, -0.1) is 0 Å². The minimum absolute atomic E-state index is 0.311. The first-order valence-corrected chi connectivity index (χ1v) is 5.77. The molecule has 1 aromatic carbocycles. The molecule has 2 rings (SSSR count). The number of hydrogen-bond donors (Lipinski definition) is 1. The molecule has 2 N–H and O–H groups in total. The molecule has 0 saturated carbocycles. The molecule has 0 aliphatic carbocycles. The van der Waals surface area contributed by atoms with Crippen LogP contribution < -0.4 is 5.73 Å². The quantitative estimate of drug-likeness (QED) is 0.857. The van der Waals surface area contributed by atoms with Gasteiger partial charge in [0.2, 0.25) is 0 Å². The second kappa shape index (κ2) is 4.53. The van der Waals surface area contributed by atoms with Gasteiger partial charge in [-0.3, -0.25) is 0 Å². The Morgan fingerprint density at radius 1 is 1.12 bits per heavy atom. The smallest absolute Gasteiger partial charge is 0.130 e. The summed E-state index contributed by atoms with van der Waals surface area (Å²) in [6.07, 6.45) is 1.53. The highest BCUT2D eigenvalue weighted by molar-refractivity contribution is 5.70. The molecule has 0 atom stereocenters. The molecular formula is C14H17N3. The third-order valence-electron chi connectivity index (χ3n) is 2.89. The van der Waals surface area contributed by atoms with Gasteiger partial charge in [-0.2, -0.15) is 0 Å². The van der Waals surface area contributed by atoms with E-state index in [-0.39, 0.29) is 0 Å². The Balaban J connectivity index is 2.68. The fourth-order valence-corrected chi connectivity index (χ4v) is 2.03. The van der Waals surface area contributed by atoms with Crippen molar-refractivity contribution in [3.63, 3.8) is 0 Å². The Kier molecular flexibility index (Phi) is 3.09. The van der Waals surface area contributed by atoms with Gasteiger partial charge in [0.05, 0.1) is 5.69 Å². The zero-order valence-electron chi connectivity index (χ0n) is 10.4. The van der Waals surface area contributed by atoms with E-state index < -0.39 is 0 Å².